The van der Waals surface area contributed by atoms with Gasteiger partial charge in [0.15, 0.2) is 0 Å². The van der Waals surface area contributed by atoms with Gasteiger partial charge in [-0.3, -0.25) is 9.59 Å². The van der Waals surface area contributed by atoms with Gasteiger partial charge >= 0.3 is 0 Å². The molecule has 1 aliphatic carbocycles. The van der Waals surface area contributed by atoms with Crippen molar-refractivity contribution >= 4 is 16.8 Å². The Kier molecular flexibility index (Phi) is 5.08. The van der Waals surface area contributed by atoms with Crippen molar-refractivity contribution in [1.29, 1.82) is 0 Å². The topological polar surface area (TPSA) is 61.3 Å². The number of aromatic amines is 1. The summed E-state index contributed by atoms with van der Waals surface area (Å²) in [6, 6.07) is 3.12. The van der Waals surface area contributed by atoms with Crippen molar-refractivity contribution in [2.24, 2.45) is 7.05 Å². The van der Waals surface area contributed by atoms with Gasteiger partial charge in [-0.1, -0.05) is 19.3 Å². The Morgan fingerprint density at radius 1 is 1.11 bits per heavy atom. The van der Waals surface area contributed by atoms with Gasteiger partial charge in [0.05, 0.1) is 5.56 Å². The maximum atomic E-state index is 13.1. The van der Waals surface area contributed by atoms with E-state index in [0.29, 0.717) is 23.2 Å². The summed E-state index contributed by atoms with van der Waals surface area (Å²) in [6.07, 6.45) is 12.2. The maximum absolute atomic E-state index is 13.1. The van der Waals surface area contributed by atoms with Crippen molar-refractivity contribution in [3.05, 3.63) is 34.4 Å². The number of rotatable bonds is 3. The molecule has 2 aromatic rings. The highest BCUT2D eigenvalue weighted by Crippen LogP contribution is 2.27. The first-order valence-corrected chi connectivity index (χ1v) is 10.2. The van der Waals surface area contributed by atoms with Crippen molar-refractivity contribution in [2.45, 2.75) is 57.0 Å². The Bertz CT molecular complexity index is 870. The molecule has 2 fully saturated rings. The molecule has 1 saturated heterocycles. The van der Waals surface area contributed by atoms with Gasteiger partial charge in [-0.25, -0.2) is 0 Å². The van der Waals surface area contributed by atoms with Crippen LogP contribution in [0.1, 0.15) is 55.3 Å². The molecule has 1 N–H and O–H groups in total. The molecule has 146 valence electrons. The summed E-state index contributed by atoms with van der Waals surface area (Å²) in [6.45, 7) is 1.57. The molecule has 6 heteroatoms. The highest BCUT2D eigenvalue weighted by Gasteiger charge is 2.30. The third kappa shape index (κ3) is 3.43. The molecule has 0 unspecified atom stereocenters. The second-order valence-corrected chi connectivity index (χ2v) is 8.21. The van der Waals surface area contributed by atoms with Gasteiger partial charge in [0.2, 0.25) is 0 Å². The fourth-order valence-electron chi connectivity index (χ4n) is 4.87. The Balaban J connectivity index is 1.45. The molecule has 2 aromatic heterocycles. The van der Waals surface area contributed by atoms with Crippen molar-refractivity contribution in [3.63, 3.8) is 0 Å². The number of nitrogens with one attached hydrogen (secondary N) is 1. The summed E-state index contributed by atoms with van der Waals surface area (Å²) in [4.78, 5) is 32.9. The van der Waals surface area contributed by atoms with E-state index < -0.39 is 0 Å². The second kappa shape index (κ2) is 7.50. The number of hydrogen-bond donors (Lipinski definition) is 1. The molecule has 0 bridgehead atoms. The van der Waals surface area contributed by atoms with Crippen LogP contribution in [0.2, 0.25) is 0 Å². The van der Waals surface area contributed by atoms with Crippen LogP contribution in [-0.2, 0) is 7.05 Å². The third-order valence-electron chi connectivity index (χ3n) is 6.60. The molecule has 0 atom stereocenters. The quantitative estimate of drug-likeness (QED) is 0.904. The normalized spacial score (nSPS) is 19.9. The summed E-state index contributed by atoms with van der Waals surface area (Å²) >= 11 is 0. The SMILES string of the molecule is CN(C1CCCCC1)C1CCN(C(=O)c2cn(C)c(=O)c3[nH]ccc23)CC1. The largest absolute Gasteiger partial charge is 0.357 e. The zero-order valence-electron chi connectivity index (χ0n) is 16.4. The van der Waals surface area contributed by atoms with Crippen LogP contribution in [0.4, 0.5) is 0 Å². The number of nitrogens with zero attached hydrogens (tertiary/aromatic N) is 3. The van der Waals surface area contributed by atoms with Crippen molar-refractivity contribution < 1.29 is 4.79 Å². The van der Waals surface area contributed by atoms with Crippen molar-refractivity contribution in [2.75, 3.05) is 20.1 Å². The number of carbonyl (C=O) groups excluding carboxylic acids is 1. The summed E-state index contributed by atoms with van der Waals surface area (Å²) in [5, 5.41) is 0.726. The van der Waals surface area contributed by atoms with Gasteiger partial charge < -0.3 is 19.4 Å². The van der Waals surface area contributed by atoms with E-state index in [1.807, 2.05) is 11.0 Å². The van der Waals surface area contributed by atoms with Crippen LogP contribution in [-0.4, -0.2) is 57.5 Å². The number of aromatic nitrogens is 2. The molecule has 2 aliphatic rings. The van der Waals surface area contributed by atoms with Crippen LogP contribution in [0.25, 0.3) is 10.9 Å². The summed E-state index contributed by atoms with van der Waals surface area (Å²) in [7, 11) is 3.97. The predicted octanol–water partition coefficient (Wildman–Crippen LogP) is 2.74. The van der Waals surface area contributed by atoms with Crippen LogP contribution < -0.4 is 5.56 Å². The number of likely N-dealkylation sites (tertiary alicyclic amines) is 1. The number of H-pyrrole nitrogens is 1. The average Bonchev–Trinajstić information content (AvgIpc) is 3.20. The minimum absolute atomic E-state index is 0.0361. The molecule has 0 radical (unpaired) electrons. The zero-order valence-corrected chi connectivity index (χ0v) is 16.4. The first-order valence-electron chi connectivity index (χ1n) is 10.2. The van der Waals surface area contributed by atoms with Crippen LogP contribution in [0.3, 0.4) is 0 Å². The average molecular weight is 370 g/mol. The first-order chi connectivity index (χ1) is 13.1. The number of aryl methyl sites for hydroxylation is 1. The lowest BCUT2D eigenvalue weighted by atomic mass is 9.92. The summed E-state index contributed by atoms with van der Waals surface area (Å²) in [5.74, 6) is 0.0361. The van der Waals surface area contributed by atoms with Crippen LogP contribution in [0.15, 0.2) is 23.3 Å². The number of amides is 1. The minimum atomic E-state index is -0.0978. The van der Waals surface area contributed by atoms with E-state index in [2.05, 4.69) is 16.9 Å². The smallest absolute Gasteiger partial charge is 0.274 e. The van der Waals surface area contributed by atoms with Gasteiger partial charge in [-0.2, -0.15) is 0 Å². The number of hydrogen-bond acceptors (Lipinski definition) is 3. The number of piperidine rings is 1. The molecule has 4 rings (SSSR count). The van der Waals surface area contributed by atoms with E-state index in [1.54, 1.807) is 19.4 Å². The van der Waals surface area contributed by atoms with Gasteiger partial charge in [0.1, 0.15) is 5.52 Å². The molecule has 27 heavy (non-hydrogen) atoms. The maximum Gasteiger partial charge on any atom is 0.274 e. The fourth-order valence-corrected chi connectivity index (χ4v) is 4.87. The van der Waals surface area contributed by atoms with Crippen LogP contribution >= 0.6 is 0 Å². The second-order valence-electron chi connectivity index (χ2n) is 8.21. The number of pyridine rings is 1. The highest BCUT2D eigenvalue weighted by atomic mass is 16.2. The molecule has 6 nitrogen and oxygen atoms in total. The van der Waals surface area contributed by atoms with Gasteiger partial charge in [-0.05, 0) is 38.8 Å². The lowest BCUT2D eigenvalue weighted by Gasteiger charge is -2.41. The number of carbonyl (C=O) groups is 1. The molecule has 1 amide bonds. The van der Waals surface area contributed by atoms with Crippen LogP contribution in [0.5, 0.6) is 0 Å². The van der Waals surface area contributed by atoms with Crippen molar-refractivity contribution in [3.8, 4) is 0 Å². The zero-order chi connectivity index (χ0) is 19.0. The standard InChI is InChI=1S/C21H30N4O2/c1-23-14-18(17-8-11-22-19(17)21(23)27)20(26)25-12-9-16(10-13-25)24(2)15-6-4-3-5-7-15/h8,11,14-16,22H,3-7,9-10,12-13H2,1-2H3. The van der Waals surface area contributed by atoms with Gasteiger partial charge in [0.25, 0.3) is 11.5 Å². The molecular weight excluding hydrogens is 340 g/mol. The molecular formula is C21H30N4O2. The number of fused-ring (bicyclic) bond motifs is 1. The summed E-state index contributed by atoms with van der Waals surface area (Å²) in [5.41, 5.74) is 1.03. The van der Waals surface area contributed by atoms with Crippen molar-refractivity contribution in [1.82, 2.24) is 19.4 Å². The van der Waals surface area contributed by atoms with Gasteiger partial charge in [0, 0.05) is 50.0 Å². The van der Waals surface area contributed by atoms with E-state index in [0.717, 1.165) is 31.3 Å². The fraction of sp³-hybridized carbons (Fsp3) is 0.619. The lowest BCUT2D eigenvalue weighted by Crippen LogP contribution is -2.49. The Labute approximate surface area is 160 Å². The third-order valence-corrected chi connectivity index (χ3v) is 6.60. The summed E-state index contributed by atoms with van der Waals surface area (Å²) < 4.78 is 1.50. The highest BCUT2D eigenvalue weighted by molar-refractivity contribution is 6.05. The van der Waals surface area contributed by atoms with Crippen LogP contribution in [0, 0.1) is 0 Å². The Morgan fingerprint density at radius 3 is 2.48 bits per heavy atom. The molecule has 1 saturated carbocycles. The minimum Gasteiger partial charge on any atom is -0.357 e. The lowest BCUT2D eigenvalue weighted by molar-refractivity contribution is 0.0560. The Morgan fingerprint density at radius 2 is 1.78 bits per heavy atom. The molecule has 0 spiro atoms. The van der Waals surface area contributed by atoms with E-state index in [4.69, 9.17) is 0 Å². The monoisotopic (exact) mass is 370 g/mol. The van der Waals surface area contributed by atoms with E-state index in [-0.39, 0.29) is 11.5 Å². The van der Waals surface area contributed by atoms with Gasteiger partial charge in [-0.15, -0.1) is 0 Å². The molecule has 1 aliphatic heterocycles. The first kappa shape index (κ1) is 18.3. The Hall–Kier alpha value is -2.08. The molecule has 0 aromatic carbocycles. The van der Waals surface area contributed by atoms with E-state index >= 15 is 0 Å². The molecule has 3 heterocycles. The van der Waals surface area contributed by atoms with E-state index in [9.17, 15) is 9.59 Å². The van der Waals surface area contributed by atoms with E-state index in [1.165, 1.54) is 36.7 Å². The predicted molar refractivity (Wildman–Crippen MR) is 107 cm³/mol.